The molecule has 0 amide bonds. The van der Waals surface area contributed by atoms with Gasteiger partial charge in [0.15, 0.2) is 11.5 Å². The molecular weight excluding hydrogens is 341 g/mol. The Balaban J connectivity index is 0.00000192. The highest BCUT2D eigenvalue weighted by atomic mass is 19.1. The summed E-state index contributed by atoms with van der Waals surface area (Å²) in [5, 5.41) is 3.48. The lowest BCUT2D eigenvalue weighted by Gasteiger charge is -2.22. The summed E-state index contributed by atoms with van der Waals surface area (Å²) in [6, 6.07) is 2.03. The summed E-state index contributed by atoms with van der Waals surface area (Å²) >= 11 is 0. The highest BCUT2D eigenvalue weighted by Gasteiger charge is 2.21. The zero-order chi connectivity index (χ0) is 18.4. The van der Waals surface area contributed by atoms with Crippen LogP contribution in [0.4, 0.5) is 10.3 Å². The van der Waals surface area contributed by atoms with Crippen LogP contribution >= 0.6 is 0 Å². The van der Waals surface area contributed by atoms with E-state index in [-0.39, 0.29) is 7.24 Å². The quantitative estimate of drug-likeness (QED) is 0.740. The summed E-state index contributed by atoms with van der Waals surface area (Å²) in [5.41, 5.74) is 5.08. The van der Waals surface area contributed by atoms with E-state index < -0.39 is 0 Å². The maximum absolute atomic E-state index is 14.5. The number of halogens is 1. The van der Waals surface area contributed by atoms with Crippen LogP contribution in [0.15, 0.2) is 30.7 Å². The van der Waals surface area contributed by atoms with Gasteiger partial charge in [0.2, 0.25) is 5.95 Å². The zero-order valence-corrected chi connectivity index (χ0v) is 15.4. The van der Waals surface area contributed by atoms with Crippen LogP contribution in [0, 0.1) is 12.7 Å². The van der Waals surface area contributed by atoms with Gasteiger partial charge in [-0.3, -0.25) is 0 Å². The molecule has 2 aliphatic rings. The van der Waals surface area contributed by atoms with Crippen molar-refractivity contribution in [1.29, 1.82) is 0 Å². The Kier molecular flexibility index (Phi) is 3.92. The van der Waals surface area contributed by atoms with E-state index in [1.165, 1.54) is 32.1 Å². The first-order valence-electron chi connectivity index (χ1n) is 9.65. The highest BCUT2D eigenvalue weighted by molar-refractivity contribution is 5.84. The maximum atomic E-state index is 14.5. The Bertz CT molecular complexity index is 1050. The summed E-state index contributed by atoms with van der Waals surface area (Å²) < 4.78 is 16.3. The van der Waals surface area contributed by atoms with Gasteiger partial charge in [0.05, 0.1) is 5.69 Å². The number of nitrogens with zero attached hydrogens (tertiary/aromatic N) is 4. The Labute approximate surface area is 158 Å². The number of aromatic nitrogens is 4. The molecule has 6 heteroatoms. The molecule has 0 bridgehead atoms. The predicted octanol–water partition coefficient (Wildman–Crippen LogP) is 4.55. The highest BCUT2D eigenvalue weighted by Crippen LogP contribution is 2.33. The summed E-state index contributed by atoms with van der Waals surface area (Å²) in [7, 11) is 0. The molecule has 5 rings (SSSR count). The average molecular weight is 365 g/mol. The summed E-state index contributed by atoms with van der Waals surface area (Å²) in [4.78, 5) is 13.4. The number of allylic oxidation sites excluding steroid dienone is 1. The number of pyridine rings is 1. The van der Waals surface area contributed by atoms with E-state index in [0.29, 0.717) is 17.6 Å². The SMILES string of the molecule is Cc1cnc2c(F)cc(C3=CCc4nc(NC5CCCCC5)ncc43)cn12.[HH]. The molecule has 27 heavy (non-hydrogen) atoms. The third-order valence-electron chi connectivity index (χ3n) is 5.65. The van der Waals surface area contributed by atoms with Crippen molar-refractivity contribution in [3.8, 4) is 0 Å². The van der Waals surface area contributed by atoms with Crippen molar-refractivity contribution < 1.29 is 5.82 Å². The van der Waals surface area contributed by atoms with Gasteiger partial charge in [0, 0.05) is 49.3 Å². The van der Waals surface area contributed by atoms with E-state index in [2.05, 4.69) is 21.4 Å². The fraction of sp³-hybridized carbons (Fsp3) is 0.381. The fourth-order valence-electron chi connectivity index (χ4n) is 4.19. The minimum atomic E-state index is -0.313. The monoisotopic (exact) mass is 365 g/mol. The lowest BCUT2D eigenvalue weighted by molar-refractivity contribution is 0.460. The molecule has 0 radical (unpaired) electrons. The Morgan fingerprint density at radius 2 is 2.04 bits per heavy atom. The summed E-state index contributed by atoms with van der Waals surface area (Å²) in [6.07, 6.45) is 14.6. The maximum Gasteiger partial charge on any atom is 0.223 e. The van der Waals surface area contributed by atoms with Crippen LogP contribution in [0.2, 0.25) is 0 Å². The van der Waals surface area contributed by atoms with Gasteiger partial charge in [-0.25, -0.2) is 19.3 Å². The Hall–Kier alpha value is -2.76. The molecule has 5 nitrogen and oxygen atoms in total. The largest absolute Gasteiger partial charge is 0.351 e. The van der Waals surface area contributed by atoms with Crippen LogP contribution in [0.1, 0.15) is 56.0 Å². The molecule has 0 atom stereocenters. The molecule has 3 heterocycles. The van der Waals surface area contributed by atoms with Gasteiger partial charge in [-0.15, -0.1) is 0 Å². The Morgan fingerprint density at radius 1 is 1.19 bits per heavy atom. The molecule has 3 aromatic heterocycles. The van der Waals surface area contributed by atoms with Crippen molar-refractivity contribution in [3.63, 3.8) is 0 Å². The number of hydrogen-bond donors (Lipinski definition) is 1. The predicted molar refractivity (Wildman–Crippen MR) is 105 cm³/mol. The van der Waals surface area contributed by atoms with Crippen LogP contribution in [-0.2, 0) is 6.42 Å². The molecule has 140 valence electrons. The molecular formula is C21H24FN5. The minimum Gasteiger partial charge on any atom is -0.351 e. The molecule has 0 saturated heterocycles. The van der Waals surface area contributed by atoms with Crippen LogP contribution in [0.3, 0.4) is 0 Å². The average Bonchev–Trinajstić information content (AvgIpc) is 3.26. The van der Waals surface area contributed by atoms with E-state index in [1.54, 1.807) is 16.7 Å². The smallest absolute Gasteiger partial charge is 0.223 e. The van der Waals surface area contributed by atoms with E-state index in [9.17, 15) is 4.39 Å². The second-order valence-corrected chi connectivity index (χ2v) is 7.53. The van der Waals surface area contributed by atoms with E-state index in [1.807, 2.05) is 19.3 Å². The fourth-order valence-corrected chi connectivity index (χ4v) is 4.19. The van der Waals surface area contributed by atoms with E-state index in [0.717, 1.165) is 34.5 Å². The van der Waals surface area contributed by atoms with Gasteiger partial charge in [-0.1, -0.05) is 25.3 Å². The standard InChI is InChI=1S/C21H22FN5.H2/c1-13-10-23-20-18(22)9-14(12-27(13)20)16-7-8-19-17(16)11-24-21(26-19)25-15-5-3-2-4-6-15;/h7,9-12,15H,2-6,8H2,1H3,(H,24,25,26);1H. The van der Waals surface area contributed by atoms with Gasteiger partial charge in [0.25, 0.3) is 0 Å². The first kappa shape index (κ1) is 16.4. The number of aryl methyl sites for hydroxylation is 1. The normalized spacial score (nSPS) is 17.2. The third kappa shape index (κ3) is 2.89. The molecule has 1 N–H and O–H groups in total. The number of nitrogens with one attached hydrogen (secondary N) is 1. The van der Waals surface area contributed by atoms with Gasteiger partial charge in [0.1, 0.15) is 0 Å². The number of hydrogen-bond acceptors (Lipinski definition) is 4. The summed E-state index contributed by atoms with van der Waals surface area (Å²) in [6.45, 7) is 1.92. The number of fused-ring (bicyclic) bond motifs is 2. The van der Waals surface area contributed by atoms with Crippen LogP contribution < -0.4 is 5.32 Å². The van der Waals surface area contributed by atoms with Gasteiger partial charge in [-0.2, -0.15) is 0 Å². The molecule has 0 aliphatic heterocycles. The van der Waals surface area contributed by atoms with Crippen molar-refractivity contribution in [2.24, 2.45) is 0 Å². The molecule has 0 aromatic carbocycles. The number of imidazole rings is 1. The molecule has 0 unspecified atom stereocenters. The molecule has 1 fully saturated rings. The van der Waals surface area contributed by atoms with Crippen LogP contribution in [-0.4, -0.2) is 25.4 Å². The second-order valence-electron chi connectivity index (χ2n) is 7.53. The summed E-state index contributed by atoms with van der Waals surface area (Å²) in [5.74, 6) is 0.397. The van der Waals surface area contributed by atoms with Gasteiger partial charge < -0.3 is 9.72 Å². The van der Waals surface area contributed by atoms with Crippen molar-refractivity contribution in [2.45, 2.75) is 51.5 Å². The second kappa shape index (κ2) is 6.44. The first-order chi connectivity index (χ1) is 13.2. The van der Waals surface area contributed by atoms with Crippen molar-refractivity contribution >= 4 is 17.2 Å². The first-order valence-corrected chi connectivity index (χ1v) is 9.65. The van der Waals surface area contributed by atoms with Crippen molar-refractivity contribution in [3.05, 3.63) is 59.1 Å². The van der Waals surface area contributed by atoms with Gasteiger partial charge >= 0.3 is 0 Å². The topological polar surface area (TPSA) is 55.1 Å². The van der Waals surface area contributed by atoms with Crippen LogP contribution in [0.5, 0.6) is 0 Å². The molecule has 0 spiro atoms. The number of rotatable bonds is 3. The lowest BCUT2D eigenvalue weighted by atomic mass is 9.96. The third-order valence-corrected chi connectivity index (χ3v) is 5.65. The molecule has 1 saturated carbocycles. The zero-order valence-electron chi connectivity index (χ0n) is 15.4. The van der Waals surface area contributed by atoms with Crippen molar-refractivity contribution in [1.82, 2.24) is 19.4 Å². The molecule has 2 aliphatic carbocycles. The van der Waals surface area contributed by atoms with E-state index >= 15 is 0 Å². The molecule has 3 aromatic rings. The number of anilines is 1. The minimum absolute atomic E-state index is 0. The lowest BCUT2D eigenvalue weighted by Crippen LogP contribution is -2.23. The van der Waals surface area contributed by atoms with E-state index in [4.69, 9.17) is 4.98 Å². The van der Waals surface area contributed by atoms with Crippen molar-refractivity contribution in [2.75, 3.05) is 5.32 Å². The van der Waals surface area contributed by atoms with Gasteiger partial charge in [-0.05, 0) is 31.4 Å². The Morgan fingerprint density at radius 3 is 2.89 bits per heavy atom. The van der Waals surface area contributed by atoms with Crippen LogP contribution in [0.25, 0.3) is 11.2 Å².